The molecule has 0 aliphatic carbocycles. The van der Waals surface area contributed by atoms with E-state index in [-0.39, 0.29) is 11.4 Å². The Morgan fingerprint density at radius 1 is 1.44 bits per heavy atom. The summed E-state index contributed by atoms with van der Waals surface area (Å²) in [5, 5.41) is 8.61. The predicted octanol–water partition coefficient (Wildman–Crippen LogP) is 2.49. The van der Waals surface area contributed by atoms with Gasteiger partial charge in [-0.2, -0.15) is 0 Å². The molecule has 1 rings (SSSR count). The molecule has 1 aromatic heterocycles. The molecule has 0 spiro atoms. The van der Waals surface area contributed by atoms with Crippen LogP contribution in [0.5, 0.6) is 0 Å². The Kier molecular flexibility index (Phi) is 3.91. The van der Waals surface area contributed by atoms with Gasteiger partial charge in [0.25, 0.3) is 5.91 Å². The Morgan fingerprint density at radius 2 is 2.06 bits per heavy atom. The van der Waals surface area contributed by atoms with Crippen LogP contribution >= 0.6 is 11.3 Å². The first-order valence-electron chi connectivity index (χ1n) is 5.32. The maximum absolute atomic E-state index is 11.8. The molecule has 0 unspecified atom stereocenters. The number of nitrogens with one attached hydrogen (secondary N) is 2. The first kappa shape index (κ1) is 13.0. The van der Waals surface area contributed by atoms with Gasteiger partial charge in [-0.15, -0.1) is 11.3 Å². The number of rotatable bonds is 3. The average molecular weight is 241 g/mol. The molecule has 0 bridgehead atoms. The van der Waals surface area contributed by atoms with E-state index in [0.29, 0.717) is 11.7 Å². The van der Waals surface area contributed by atoms with Gasteiger partial charge in [0.05, 0.1) is 0 Å². The summed E-state index contributed by atoms with van der Waals surface area (Å²) in [5.41, 5.74) is 0.245. The molecule has 0 aromatic carbocycles. The third-order valence-electron chi connectivity index (χ3n) is 1.64. The number of hydrogen-bond acceptors (Lipinski definition) is 4. The number of carbonyl (C=O) groups is 1. The molecule has 0 aliphatic rings. The molecule has 0 fully saturated rings. The van der Waals surface area contributed by atoms with Crippen LogP contribution in [0.2, 0.25) is 0 Å². The fourth-order valence-electron chi connectivity index (χ4n) is 1.10. The number of aromatic nitrogens is 1. The van der Waals surface area contributed by atoms with Gasteiger partial charge in [-0.25, -0.2) is 4.98 Å². The lowest BCUT2D eigenvalue weighted by Gasteiger charge is -2.19. The minimum atomic E-state index is -0.230. The number of hydrogen-bond donors (Lipinski definition) is 2. The lowest BCUT2D eigenvalue weighted by atomic mass is 10.1. The number of amides is 1. The lowest BCUT2D eigenvalue weighted by molar-refractivity contribution is 0.0915. The molecule has 1 heterocycles. The van der Waals surface area contributed by atoms with Crippen molar-refractivity contribution in [3.05, 3.63) is 11.1 Å². The minimum Gasteiger partial charge on any atom is -0.359 e. The molecule has 5 heteroatoms. The largest absolute Gasteiger partial charge is 0.359 e. The second-order valence-electron chi connectivity index (χ2n) is 5.04. The summed E-state index contributed by atoms with van der Waals surface area (Å²) in [6.07, 6.45) is 0. The maximum Gasteiger partial charge on any atom is 0.271 e. The maximum atomic E-state index is 11.8. The van der Waals surface area contributed by atoms with Crippen molar-refractivity contribution in [3.8, 4) is 0 Å². The molecule has 0 saturated carbocycles. The van der Waals surface area contributed by atoms with Crippen molar-refractivity contribution in [2.24, 2.45) is 0 Å². The third kappa shape index (κ3) is 4.18. The number of carbonyl (C=O) groups excluding carboxylic acids is 1. The van der Waals surface area contributed by atoms with E-state index in [2.05, 4.69) is 15.6 Å². The van der Waals surface area contributed by atoms with Gasteiger partial charge in [0.15, 0.2) is 5.13 Å². The number of nitrogens with zero attached hydrogens (tertiary/aromatic N) is 1. The van der Waals surface area contributed by atoms with Crippen molar-refractivity contribution in [1.82, 2.24) is 10.3 Å². The van der Waals surface area contributed by atoms with Crippen molar-refractivity contribution in [1.29, 1.82) is 0 Å². The van der Waals surface area contributed by atoms with Gasteiger partial charge in [-0.1, -0.05) is 0 Å². The molecule has 1 amide bonds. The topological polar surface area (TPSA) is 54.0 Å². The number of anilines is 1. The summed E-state index contributed by atoms with van der Waals surface area (Å²) in [5.74, 6) is -0.124. The minimum absolute atomic E-state index is 0.124. The predicted molar refractivity (Wildman–Crippen MR) is 68.1 cm³/mol. The highest BCUT2D eigenvalue weighted by Crippen LogP contribution is 2.16. The monoisotopic (exact) mass is 241 g/mol. The van der Waals surface area contributed by atoms with Crippen molar-refractivity contribution in [2.45, 2.75) is 46.2 Å². The van der Waals surface area contributed by atoms with Gasteiger partial charge in [0, 0.05) is 17.0 Å². The smallest absolute Gasteiger partial charge is 0.271 e. The fraction of sp³-hybridized carbons (Fsp3) is 0.636. The van der Waals surface area contributed by atoms with E-state index in [9.17, 15) is 4.79 Å². The Morgan fingerprint density at radius 3 is 2.56 bits per heavy atom. The van der Waals surface area contributed by atoms with Crippen LogP contribution in [0.1, 0.15) is 45.1 Å². The van der Waals surface area contributed by atoms with Crippen LogP contribution in [0.3, 0.4) is 0 Å². The van der Waals surface area contributed by atoms with Crippen LogP contribution in [-0.4, -0.2) is 22.5 Å². The highest BCUT2D eigenvalue weighted by atomic mass is 32.1. The van der Waals surface area contributed by atoms with Crippen LogP contribution in [-0.2, 0) is 0 Å². The highest BCUT2D eigenvalue weighted by Gasteiger charge is 2.17. The van der Waals surface area contributed by atoms with E-state index < -0.39 is 0 Å². The quantitative estimate of drug-likeness (QED) is 0.855. The molecular weight excluding hydrogens is 222 g/mol. The van der Waals surface area contributed by atoms with Gasteiger partial charge in [0.1, 0.15) is 5.69 Å². The second-order valence-corrected chi connectivity index (χ2v) is 5.90. The first-order valence-corrected chi connectivity index (χ1v) is 6.20. The molecule has 90 valence electrons. The zero-order chi connectivity index (χ0) is 12.3. The second kappa shape index (κ2) is 4.82. The zero-order valence-electron chi connectivity index (χ0n) is 10.4. The summed E-state index contributed by atoms with van der Waals surface area (Å²) in [7, 11) is 0. The SMILES string of the molecule is CC(C)Nc1nc(C(=O)NC(C)(C)C)cs1. The van der Waals surface area contributed by atoms with Crippen LogP contribution in [0, 0.1) is 0 Å². The summed E-state index contributed by atoms with van der Waals surface area (Å²) in [6, 6.07) is 0.324. The van der Waals surface area contributed by atoms with Crippen molar-refractivity contribution < 1.29 is 4.79 Å². The van der Waals surface area contributed by atoms with Gasteiger partial charge >= 0.3 is 0 Å². The summed E-state index contributed by atoms with van der Waals surface area (Å²) in [4.78, 5) is 16.0. The van der Waals surface area contributed by atoms with Crippen LogP contribution in [0.4, 0.5) is 5.13 Å². The standard InChI is InChI=1S/C11H19N3OS/c1-7(2)12-10-13-8(6-16-10)9(15)14-11(3,4)5/h6-7H,1-5H3,(H,12,13)(H,14,15). The summed E-state index contributed by atoms with van der Waals surface area (Å²) < 4.78 is 0. The van der Waals surface area contributed by atoms with Crippen molar-refractivity contribution >= 4 is 22.4 Å². The Hall–Kier alpha value is -1.10. The number of thiazole rings is 1. The lowest BCUT2D eigenvalue weighted by Crippen LogP contribution is -2.40. The van der Waals surface area contributed by atoms with Crippen LogP contribution in [0.15, 0.2) is 5.38 Å². The summed E-state index contributed by atoms with van der Waals surface area (Å²) in [6.45, 7) is 9.92. The summed E-state index contributed by atoms with van der Waals surface area (Å²) >= 11 is 1.45. The Labute approximate surface area is 100 Å². The van der Waals surface area contributed by atoms with Crippen molar-refractivity contribution in [3.63, 3.8) is 0 Å². The molecule has 16 heavy (non-hydrogen) atoms. The molecule has 2 N–H and O–H groups in total. The van der Waals surface area contributed by atoms with Gasteiger partial charge in [0.2, 0.25) is 0 Å². The van der Waals surface area contributed by atoms with Gasteiger partial charge in [-0.3, -0.25) is 4.79 Å². The Bertz CT molecular complexity index is 366. The first-order chi connectivity index (χ1) is 7.28. The average Bonchev–Trinajstić information content (AvgIpc) is 2.48. The molecule has 0 radical (unpaired) electrons. The normalized spacial score (nSPS) is 11.6. The fourth-order valence-corrected chi connectivity index (χ4v) is 1.93. The molecule has 0 aliphatic heterocycles. The van der Waals surface area contributed by atoms with Crippen LogP contribution in [0.25, 0.3) is 0 Å². The molecule has 0 atom stereocenters. The highest BCUT2D eigenvalue weighted by molar-refractivity contribution is 7.13. The molecule has 4 nitrogen and oxygen atoms in total. The van der Waals surface area contributed by atoms with E-state index in [4.69, 9.17) is 0 Å². The van der Waals surface area contributed by atoms with E-state index in [1.54, 1.807) is 5.38 Å². The molecule has 0 saturated heterocycles. The van der Waals surface area contributed by atoms with Gasteiger partial charge in [-0.05, 0) is 34.6 Å². The van der Waals surface area contributed by atoms with E-state index >= 15 is 0 Å². The Balaban J connectivity index is 2.67. The third-order valence-corrected chi connectivity index (χ3v) is 2.41. The zero-order valence-corrected chi connectivity index (χ0v) is 11.2. The van der Waals surface area contributed by atoms with Crippen molar-refractivity contribution in [2.75, 3.05) is 5.32 Å². The van der Waals surface area contributed by atoms with E-state index in [1.807, 2.05) is 34.6 Å². The van der Waals surface area contributed by atoms with E-state index in [1.165, 1.54) is 11.3 Å². The van der Waals surface area contributed by atoms with Gasteiger partial charge < -0.3 is 10.6 Å². The van der Waals surface area contributed by atoms with Crippen LogP contribution < -0.4 is 10.6 Å². The molecular formula is C11H19N3OS. The molecule has 1 aromatic rings. The van der Waals surface area contributed by atoms with E-state index in [0.717, 1.165) is 5.13 Å².